The van der Waals surface area contributed by atoms with Crippen LogP contribution in [0.2, 0.25) is 0 Å². The van der Waals surface area contributed by atoms with Crippen molar-refractivity contribution in [3.8, 4) is 0 Å². The number of hydrogen-bond acceptors (Lipinski definition) is 6. The van der Waals surface area contributed by atoms with Crippen LogP contribution in [0.1, 0.15) is 34.6 Å². The second kappa shape index (κ2) is 8.50. The van der Waals surface area contributed by atoms with Gasteiger partial charge in [0.2, 0.25) is 0 Å². The highest BCUT2D eigenvalue weighted by Crippen LogP contribution is 2.24. The molecule has 0 saturated carbocycles. The maximum absolute atomic E-state index is 13.5. The molecule has 0 aliphatic rings. The number of benzene rings is 1. The predicted molar refractivity (Wildman–Crippen MR) is 122 cm³/mol. The van der Waals surface area contributed by atoms with Crippen molar-refractivity contribution in [2.24, 2.45) is 4.36 Å². The number of amides is 1. The van der Waals surface area contributed by atoms with Gasteiger partial charge in [0.15, 0.2) is 0 Å². The fourth-order valence-electron chi connectivity index (χ4n) is 2.85. The van der Waals surface area contributed by atoms with Crippen LogP contribution in [0.25, 0.3) is 10.8 Å². The van der Waals surface area contributed by atoms with Gasteiger partial charge in [-0.25, -0.2) is 14.0 Å². The highest BCUT2D eigenvalue weighted by Gasteiger charge is 2.23. The van der Waals surface area contributed by atoms with Crippen LogP contribution in [-0.4, -0.2) is 31.1 Å². The molecule has 0 aliphatic carbocycles. The minimum Gasteiger partial charge on any atom is -0.442 e. The molecule has 0 fully saturated rings. The van der Waals surface area contributed by atoms with E-state index in [4.69, 9.17) is 4.74 Å². The average Bonchev–Trinajstić information content (AvgIpc) is 2.67. The van der Waals surface area contributed by atoms with Crippen molar-refractivity contribution in [3.63, 3.8) is 0 Å². The third-order valence-electron chi connectivity index (χ3n) is 4.36. The van der Waals surface area contributed by atoms with Crippen LogP contribution in [0.5, 0.6) is 0 Å². The molecule has 1 unspecified atom stereocenters. The lowest BCUT2D eigenvalue weighted by atomic mass is 10.2. The van der Waals surface area contributed by atoms with Gasteiger partial charge in [0, 0.05) is 33.6 Å². The number of nitrogens with one attached hydrogen (secondary N) is 2. The molecular weight excluding hydrogens is 416 g/mol. The summed E-state index contributed by atoms with van der Waals surface area (Å²) >= 11 is 0. The predicted octanol–water partition coefficient (Wildman–Crippen LogP) is 4.84. The highest BCUT2D eigenvalue weighted by molar-refractivity contribution is 7.94. The van der Waals surface area contributed by atoms with E-state index in [2.05, 4.69) is 19.6 Å². The van der Waals surface area contributed by atoms with E-state index in [0.29, 0.717) is 21.8 Å². The van der Waals surface area contributed by atoms with E-state index in [0.717, 1.165) is 5.39 Å². The first-order chi connectivity index (χ1) is 14.5. The van der Waals surface area contributed by atoms with Crippen LogP contribution in [0.15, 0.2) is 62.8 Å². The first kappa shape index (κ1) is 22.5. The third-order valence-corrected chi connectivity index (χ3v) is 7.01. The number of fused-ring (bicyclic) bond motifs is 1. The number of carbonyl (C=O) groups excluding carboxylic acids is 1. The van der Waals surface area contributed by atoms with Crippen LogP contribution in [-0.2, 0) is 14.5 Å². The summed E-state index contributed by atoms with van der Waals surface area (Å²) in [5.41, 5.74) is -0.232. The molecule has 1 atom stereocenters. The van der Waals surface area contributed by atoms with Crippen LogP contribution in [0.4, 0.5) is 16.3 Å². The molecule has 0 spiro atoms. The number of aromatic amines is 1. The molecule has 3 rings (SSSR count). The molecule has 0 saturated heterocycles. The van der Waals surface area contributed by atoms with E-state index < -0.39 is 26.7 Å². The molecule has 2 N–H and O–H groups in total. The fourth-order valence-corrected chi connectivity index (χ4v) is 4.50. The van der Waals surface area contributed by atoms with Gasteiger partial charge in [-0.3, -0.25) is 4.79 Å². The molecule has 9 heteroatoms. The van der Waals surface area contributed by atoms with E-state index in [1.807, 2.05) is 0 Å². The summed E-state index contributed by atoms with van der Waals surface area (Å²) < 4.78 is 22.6. The Morgan fingerprint density at radius 3 is 2.48 bits per heavy atom. The Labute approximate surface area is 181 Å². The van der Waals surface area contributed by atoms with Gasteiger partial charge < -0.3 is 15.0 Å². The molecule has 0 aliphatic heterocycles. The lowest BCUT2D eigenvalue weighted by molar-refractivity contribution is 0.0607. The van der Waals surface area contributed by atoms with Gasteiger partial charge in [0.1, 0.15) is 11.4 Å². The number of nitrogens with zero attached hydrogens (tertiary/aromatic N) is 2. The zero-order valence-corrected chi connectivity index (χ0v) is 18.9. The maximum atomic E-state index is 13.5. The lowest BCUT2D eigenvalue weighted by Gasteiger charge is -2.19. The molecule has 0 bridgehead atoms. The SMILES string of the molecule is CC(C)S(=O)(=NC(=O)OC(C)(C)C)c1ccc(Nc2cc3c(=O)[nH]ccc3cn2)cc1. The number of carbonyl (C=O) groups is 1. The normalized spacial score (nSPS) is 13.6. The van der Waals surface area contributed by atoms with E-state index >= 15 is 0 Å². The molecule has 3 aromatic rings. The lowest BCUT2D eigenvalue weighted by Crippen LogP contribution is -2.24. The van der Waals surface area contributed by atoms with Crippen LogP contribution < -0.4 is 10.9 Å². The van der Waals surface area contributed by atoms with Gasteiger partial charge >= 0.3 is 6.09 Å². The molecule has 8 nitrogen and oxygen atoms in total. The first-order valence-corrected chi connectivity index (χ1v) is 11.4. The molecule has 2 heterocycles. The standard InChI is InChI=1S/C22H26N4O4S/c1-14(2)31(29,26-21(28)30-22(3,4)5)17-8-6-16(7-9-17)25-19-12-18-15(13-24-19)10-11-23-20(18)27/h6-14H,1-5H3,(H,23,27)(H,24,25). The summed E-state index contributed by atoms with van der Waals surface area (Å²) in [5, 5.41) is 3.99. The average molecular weight is 443 g/mol. The fraction of sp³-hybridized carbons (Fsp3) is 0.318. The van der Waals surface area contributed by atoms with Gasteiger partial charge in [-0.1, -0.05) is 0 Å². The Morgan fingerprint density at radius 1 is 1.19 bits per heavy atom. The van der Waals surface area contributed by atoms with E-state index in [-0.39, 0.29) is 5.56 Å². The number of hydrogen-bond donors (Lipinski definition) is 2. The Bertz CT molecular complexity index is 1280. The van der Waals surface area contributed by atoms with Gasteiger partial charge in [0.25, 0.3) is 5.56 Å². The molecule has 2 aromatic heterocycles. The Hall–Kier alpha value is -3.20. The van der Waals surface area contributed by atoms with E-state index in [1.165, 1.54) is 0 Å². The van der Waals surface area contributed by atoms with Gasteiger partial charge in [-0.2, -0.15) is 0 Å². The quantitative estimate of drug-likeness (QED) is 0.598. The summed E-state index contributed by atoms with van der Waals surface area (Å²) in [4.78, 5) is 31.6. The number of ether oxygens (including phenoxy) is 1. The topological polar surface area (TPSA) is 114 Å². The van der Waals surface area contributed by atoms with Crippen molar-refractivity contribution in [1.29, 1.82) is 0 Å². The van der Waals surface area contributed by atoms with Gasteiger partial charge in [-0.15, -0.1) is 4.36 Å². The molecular formula is C22H26N4O4S. The molecule has 0 radical (unpaired) electrons. The van der Waals surface area contributed by atoms with Crippen molar-refractivity contribution in [2.45, 2.75) is 50.4 Å². The summed E-state index contributed by atoms with van der Waals surface area (Å²) in [6.07, 6.45) is 2.35. The van der Waals surface area contributed by atoms with Crippen LogP contribution >= 0.6 is 0 Å². The number of rotatable bonds is 4. The van der Waals surface area contributed by atoms with Crippen molar-refractivity contribution < 1.29 is 13.7 Å². The second-order valence-corrected chi connectivity index (χ2v) is 11.0. The third kappa shape index (κ3) is 5.29. The van der Waals surface area contributed by atoms with Crippen molar-refractivity contribution >= 4 is 38.1 Å². The molecule has 1 amide bonds. The maximum Gasteiger partial charge on any atom is 0.442 e. The zero-order chi connectivity index (χ0) is 22.8. The number of pyridine rings is 2. The number of anilines is 2. The van der Waals surface area contributed by atoms with E-state index in [9.17, 15) is 13.8 Å². The molecule has 31 heavy (non-hydrogen) atoms. The number of aromatic nitrogens is 2. The van der Waals surface area contributed by atoms with Crippen LogP contribution in [0.3, 0.4) is 0 Å². The second-order valence-electron chi connectivity index (χ2n) is 8.30. The Kier molecular flexibility index (Phi) is 6.17. The monoisotopic (exact) mass is 442 g/mol. The van der Waals surface area contributed by atoms with Crippen molar-refractivity contribution in [2.75, 3.05) is 5.32 Å². The molecule has 164 valence electrons. The summed E-state index contributed by atoms with van der Waals surface area (Å²) in [6.45, 7) is 8.68. The number of H-pyrrole nitrogens is 1. The van der Waals surface area contributed by atoms with Gasteiger partial charge in [-0.05, 0) is 71.0 Å². The molecule has 1 aromatic carbocycles. The van der Waals surface area contributed by atoms with E-state index in [1.54, 1.807) is 83.4 Å². The summed E-state index contributed by atoms with van der Waals surface area (Å²) in [7, 11) is -3.02. The minimum absolute atomic E-state index is 0.196. The smallest absolute Gasteiger partial charge is 0.442 e. The first-order valence-electron chi connectivity index (χ1n) is 9.81. The largest absolute Gasteiger partial charge is 0.442 e. The van der Waals surface area contributed by atoms with Crippen LogP contribution in [0, 0.1) is 0 Å². The summed E-state index contributed by atoms with van der Waals surface area (Å²) in [6, 6.07) is 10.2. The van der Waals surface area contributed by atoms with Gasteiger partial charge in [0.05, 0.1) is 15.1 Å². The highest BCUT2D eigenvalue weighted by atomic mass is 32.2. The Balaban J connectivity index is 1.89. The van der Waals surface area contributed by atoms with Crippen molar-refractivity contribution in [3.05, 3.63) is 59.1 Å². The Morgan fingerprint density at radius 2 is 1.87 bits per heavy atom. The van der Waals surface area contributed by atoms with Crippen molar-refractivity contribution in [1.82, 2.24) is 9.97 Å². The summed E-state index contributed by atoms with van der Waals surface area (Å²) in [5.74, 6) is 0.500. The minimum atomic E-state index is -3.02. The zero-order valence-electron chi connectivity index (χ0n) is 18.1.